The monoisotopic (exact) mass is 401 g/mol. The molecular formula is C24H35NO4. The van der Waals surface area contributed by atoms with Crippen LogP contribution in [0.25, 0.3) is 0 Å². The quantitative estimate of drug-likeness (QED) is 0.709. The molecule has 3 atom stereocenters. The number of aliphatic hydroxyl groups is 1. The molecule has 1 amide bonds. The zero-order chi connectivity index (χ0) is 20.0. The Hall–Kier alpha value is -1.10. The maximum atomic E-state index is 13.2. The van der Waals surface area contributed by atoms with Crippen molar-refractivity contribution in [2.75, 3.05) is 0 Å². The number of carbonyl (C=O) groups excluding carboxylic acids is 2. The second-order valence-electron chi connectivity index (χ2n) is 12.2. The fraction of sp³-hybridized carbons (Fsp3) is 0.917. The van der Waals surface area contributed by atoms with E-state index in [1.165, 1.54) is 19.3 Å². The average Bonchev–Trinajstić information content (AvgIpc) is 2.57. The van der Waals surface area contributed by atoms with E-state index in [2.05, 4.69) is 5.32 Å². The van der Waals surface area contributed by atoms with Gasteiger partial charge in [-0.1, -0.05) is 0 Å². The van der Waals surface area contributed by atoms with Crippen LogP contribution in [-0.2, 0) is 14.3 Å². The highest BCUT2D eigenvalue weighted by atomic mass is 16.5. The zero-order valence-electron chi connectivity index (χ0n) is 17.6. The van der Waals surface area contributed by atoms with Gasteiger partial charge in [0.15, 0.2) is 6.10 Å². The summed E-state index contributed by atoms with van der Waals surface area (Å²) in [5.41, 5.74) is -1.30. The number of carbonyl (C=O) groups is 2. The number of esters is 1. The van der Waals surface area contributed by atoms with Gasteiger partial charge in [-0.3, -0.25) is 9.59 Å². The Bertz CT molecular complexity index is 696. The van der Waals surface area contributed by atoms with Gasteiger partial charge in [0.05, 0.1) is 11.0 Å². The van der Waals surface area contributed by atoms with E-state index < -0.39 is 17.1 Å². The molecule has 0 saturated heterocycles. The van der Waals surface area contributed by atoms with Crippen LogP contribution >= 0.6 is 0 Å². The Labute approximate surface area is 173 Å². The van der Waals surface area contributed by atoms with Crippen molar-refractivity contribution in [3.63, 3.8) is 0 Å². The molecule has 5 nitrogen and oxygen atoms in total. The van der Waals surface area contributed by atoms with E-state index in [9.17, 15) is 14.7 Å². The van der Waals surface area contributed by atoms with Crippen molar-refractivity contribution in [2.45, 2.75) is 101 Å². The third-order valence-electron chi connectivity index (χ3n) is 9.54. The Morgan fingerprint density at radius 3 is 1.90 bits per heavy atom. The Morgan fingerprint density at radius 2 is 1.38 bits per heavy atom. The second-order valence-corrected chi connectivity index (χ2v) is 12.2. The molecular weight excluding hydrogens is 366 g/mol. The topological polar surface area (TPSA) is 75.6 Å². The zero-order valence-corrected chi connectivity index (χ0v) is 17.6. The van der Waals surface area contributed by atoms with Gasteiger partial charge in [-0.15, -0.1) is 0 Å². The number of hydrogen-bond acceptors (Lipinski definition) is 4. The van der Waals surface area contributed by atoms with Crippen molar-refractivity contribution in [3.8, 4) is 0 Å². The lowest BCUT2D eigenvalue weighted by Gasteiger charge is -2.58. The molecule has 0 aromatic heterocycles. The molecule has 5 heteroatoms. The van der Waals surface area contributed by atoms with Crippen LogP contribution in [0.1, 0.15) is 84.0 Å². The molecule has 29 heavy (non-hydrogen) atoms. The molecule has 8 fully saturated rings. The van der Waals surface area contributed by atoms with E-state index in [0.717, 1.165) is 69.1 Å². The second kappa shape index (κ2) is 5.99. The van der Waals surface area contributed by atoms with Gasteiger partial charge in [0.2, 0.25) is 0 Å². The summed E-state index contributed by atoms with van der Waals surface area (Å²) < 4.78 is 5.79. The predicted molar refractivity (Wildman–Crippen MR) is 107 cm³/mol. The molecule has 0 aromatic carbocycles. The van der Waals surface area contributed by atoms with E-state index >= 15 is 0 Å². The van der Waals surface area contributed by atoms with Gasteiger partial charge in [0.1, 0.15) is 0 Å². The molecule has 0 radical (unpaired) electrons. The first kappa shape index (κ1) is 18.7. The number of nitrogens with one attached hydrogen (secondary N) is 1. The molecule has 8 saturated carbocycles. The summed E-state index contributed by atoms with van der Waals surface area (Å²) in [6, 6.07) is 0. The minimum atomic E-state index is -0.752. The first-order valence-electron chi connectivity index (χ1n) is 12.0. The molecule has 160 valence electrons. The van der Waals surface area contributed by atoms with E-state index in [0.29, 0.717) is 18.3 Å². The van der Waals surface area contributed by atoms with Gasteiger partial charge in [-0.25, -0.2) is 0 Å². The highest BCUT2D eigenvalue weighted by molar-refractivity contribution is 5.86. The van der Waals surface area contributed by atoms with Crippen molar-refractivity contribution >= 4 is 11.9 Å². The van der Waals surface area contributed by atoms with Crippen molar-refractivity contribution in [2.24, 2.45) is 35.0 Å². The lowest BCUT2D eigenvalue weighted by atomic mass is 9.48. The minimum Gasteiger partial charge on any atom is -0.452 e. The van der Waals surface area contributed by atoms with Crippen LogP contribution < -0.4 is 5.32 Å². The Balaban J connectivity index is 1.12. The van der Waals surface area contributed by atoms with Crippen molar-refractivity contribution in [3.05, 3.63) is 0 Å². The van der Waals surface area contributed by atoms with Gasteiger partial charge in [0.25, 0.3) is 5.91 Å². The predicted octanol–water partition coefficient (Wildman–Crippen LogP) is 3.33. The maximum absolute atomic E-state index is 13.2. The number of rotatable bonds is 4. The number of amides is 1. The Kier molecular flexibility index (Phi) is 3.85. The summed E-state index contributed by atoms with van der Waals surface area (Å²) in [5, 5.41) is 14.3. The highest BCUT2D eigenvalue weighted by Gasteiger charge is 2.61. The fourth-order valence-corrected chi connectivity index (χ4v) is 9.42. The van der Waals surface area contributed by atoms with E-state index in [1.54, 1.807) is 6.92 Å². The lowest BCUT2D eigenvalue weighted by molar-refractivity contribution is -0.200. The van der Waals surface area contributed by atoms with Crippen molar-refractivity contribution in [1.29, 1.82) is 0 Å². The normalized spacial score (nSPS) is 52.4. The first-order valence-corrected chi connectivity index (χ1v) is 12.0. The maximum Gasteiger partial charge on any atom is 0.312 e. The van der Waals surface area contributed by atoms with Crippen molar-refractivity contribution < 1.29 is 19.4 Å². The molecule has 2 N–H and O–H groups in total. The molecule has 0 aliphatic heterocycles. The SMILES string of the molecule is C[C@H](OC(=O)C12C[C@H]3C[C@@H](CC(O)(C3)C1)C2)C(=O)NC12CC3CC(CC(C3)C1)C2. The van der Waals surface area contributed by atoms with Crippen LogP contribution in [0, 0.1) is 35.0 Å². The summed E-state index contributed by atoms with van der Waals surface area (Å²) in [6.07, 6.45) is 11.6. The molecule has 0 aromatic rings. The standard InChI is InChI=1S/C24H35NO4/c1-14(20(26)25-23-8-15-2-16(9-23)4-17(3-15)10-23)29-21(27)22-6-18-5-19(7-22)12-24(28,11-18)13-22/h14-19,28H,2-13H2,1H3,(H,25,26)/t14-,15?,16?,17?,18+,19+,22?,23?,24?/m0/s1. The van der Waals surface area contributed by atoms with Crippen LogP contribution in [0.3, 0.4) is 0 Å². The van der Waals surface area contributed by atoms with Crippen LogP contribution in [-0.4, -0.2) is 34.2 Å². The molecule has 8 aliphatic carbocycles. The average molecular weight is 402 g/mol. The minimum absolute atomic E-state index is 0.0532. The summed E-state index contributed by atoms with van der Waals surface area (Å²) in [4.78, 5) is 26.2. The Morgan fingerprint density at radius 1 is 0.862 bits per heavy atom. The van der Waals surface area contributed by atoms with Crippen molar-refractivity contribution in [1.82, 2.24) is 5.32 Å². The number of ether oxygens (including phenoxy) is 1. The molecule has 8 aliphatic rings. The van der Waals surface area contributed by atoms with Gasteiger partial charge >= 0.3 is 5.97 Å². The summed E-state index contributed by atoms with van der Waals surface area (Å²) >= 11 is 0. The van der Waals surface area contributed by atoms with Gasteiger partial charge < -0.3 is 15.2 Å². The lowest BCUT2D eigenvalue weighted by Crippen LogP contribution is -2.62. The first-order chi connectivity index (χ1) is 13.7. The smallest absolute Gasteiger partial charge is 0.312 e. The third kappa shape index (κ3) is 2.97. The molecule has 0 unspecified atom stereocenters. The van der Waals surface area contributed by atoms with E-state index in [4.69, 9.17) is 4.74 Å². The van der Waals surface area contributed by atoms with Gasteiger partial charge in [-0.05, 0) is 114 Å². The summed E-state index contributed by atoms with van der Waals surface area (Å²) in [5.74, 6) is 2.82. The third-order valence-corrected chi connectivity index (χ3v) is 9.54. The fourth-order valence-electron chi connectivity index (χ4n) is 9.42. The van der Waals surface area contributed by atoms with E-state index in [-0.39, 0.29) is 17.4 Å². The number of hydrogen-bond donors (Lipinski definition) is 2. The largest absolute Gasteiger partial charge is 0.452 e. The summed E-state index contributed by atoms with van der Waals surface area (Å²) in [6.45, 7) is 1.73. The highest BCUT2D eigenvalue weighted by Crippen LogP contribution is 2.62. The molecule has 8 rings (SSSR count). The van der Waals surface area contributed by atoms with Gasteiger partial charge in [0, 0.05) is 5.54 Å². The van der Waals surface area contributed by atoms with Crippen LogP contribution in [0.4, 0.5) is 0 Å². The van der Waals surface area contributed by atoms with Crippen LogP contribution in [0.15, 0.2) is 0 Å². The van der Waals surface area contributed by atoms with E-state index in [1.807, 2.05) is 0 Å². The molecule has 8 bridgehead atoms. The summed E-state index contributed by atoms with van der Waals surface area (Å²) in [7, 11) is 0. The van der Waals surface area contributed by atoms with Crippen LogP contribution in [0.5, 0.6) is 0 Å². The van der Waals surface area contributed by atoms with Crippen LogP contribution in [0.2, 0.25) is 0 Å². The molecule has 0 spiro atoms. The molecule has 0 heterocycles. The van der Waals surface area contributed by atoms with Gasteiger partial charge in [-0.2, -0.15) is 0 Å².